The molecule has 0 fully saturated rings. The highest BCUT2D eigenvalue weighted by Gasteiger charge is 2.24. The Labute approximate surface area is 121 Å². The lowest BCUT2D eigenvalue weighted by Gasteiger charge is -2.32. The van der Waals surface area contributed by atoms with Gasteiger partial charge in [-0.15, -0.1) is 5.10 Å². The summed E-state index contributed by atoms with van der Waals surface area (Å²) in [5, 5.41) is 17.9. The molecule has 0 aromatic carbocycles. The lowest BCUT2D eigenvalue weighted by atomic mass is 9.92. The molecule has 2 N–H and O–H groups in total. The highest BCUT2D eigenvalue weighted by atomic mass is 15.3. The van der Waals surface area contributed by atoms with E-state index in [2.05, 4.69) is 41.9 Å². The number of aryl methyl sites for hydroxylation is 1. The molecule has 1 aromatic rings. The van der Waals surface area contributed by atoms with Crippen LogP contribution in [0.4, 0.5) is 5.82 Å². The fourth-order valence-electron chi connectivity index (χ4n) is 2.06. The van der Waals surface area contributed by atoms with Crippen LogP contribution in [0.3, 0.4) is 0 Å². The van der Waals surface area contributed by atoms with Gasteiger partial charge in [0.1, 0.15) is 11.6 Å². The van der Waals surface area contributed by atoms with Gasteiger partial charge in [-0.2, -0.15) is 10.4 Å². The molecule has 5 heteroatoms. The summed E-state index contributed by atoms with van der Waals surface area (Å²) in [6.07, 6.45) is 0.986. The van der Waals surface area contributed by atoms with Crippen LogP contribution in [0.1, 0.15) is 44.0 Å². The lowest BCUT2D eigenvalue weighted by Crippen LogP contribution is -2.40. The molecular weight excluding hydrogens is 250 g/mol. The smallest absolute Gasteiger partial charge is 0.169 e. The molecule has 20 heavy (non-hydrogen) atoms. The van der Waals surface area contributed by atoms with E-state index >= 15 is 0 Å². The minimum atomic E-state index is -0.0254. The van der Waals surface area contributed by atoms with E-state index in [1.54, 1.807) is 0 Å². The lowest BCUT2D eigenvalue weighted by molar-refractivity contribution is 0.376. The van der Waals surface area contributed by atoms with Crippen LogP contribution in [0.25, 0.3) is 0 Å². The SMILES string of the molecule is CCCN(CC(C)(C)CN)c1nnc(C)c(C)c1C#N. The molecular formula is C15H25N5. The molecule has 0 radical (unpaired) electrons. The Hall–Kier alpha value is -1.67. The van der Waals surface area contributed by atoms with Crippen molar-refractivity contribution in [1.29, 1.82) is 5.26 Å². The first-order valence-electron chi connectivity index (χ1n) is 7.05. The van der Waals surface area contributed by atoms with Crippen molar-refractivity contribution in [3.63, 3.8) is 0 Å². The van der Waals surface area contributed by atoms with Crippen LogP contribution in [-0.2, 0) is 0 Å². The van der Waals surface area contributed by atoms with Crippen molar-refractivity contribution in [3.05, 3.63) is 16.8 Å². The third-order valence-electron chi connectivity index (χ3n) is 3.51. The number of nitrogens with zero attached hydrogens (tertiary/aromatic N) is 4. The zero-order valence-corrected chi connectivity index (χ0v) is 13.2. The van der Waals surface area contributed by atoms with Crippen molar-refractivity contribution >= 4 is 5.82 Å². The van der Waals surface area contributed by atoms with Gasteiger partial charge in [0.05, 0.1) is 5.69 Å². The first kappa shape index (κ1) is 16.4. The van der Waals surface area contributed by atoms with Gasteiger partial charge in [-0.25, -0.2) is 0 Å². The molecule has 0 aliphatic carbocycles. The number of hydrogen-bond acceptors (Lipinski definition) is 5. The highest BCUT2D eigenvalue weighted by Crippen LogP contribution is 2.25. The first-order chi connectivity index (χ1) is 9.36. The molecule has 0 aliphatic heterocycles. The second-order valence-corrected chi connectivity index (χ2v) is 6.01. The van der Waals surface area contributed by atoms with E-state index in [0.717, 1.165) is 30.8 Å². The molecule has 1 rings (SSSR count). The summed E-state index contributed by atoms with van der Waals surface area (Å²) in [6.45, 7) is 12.4. The number of nitriles is 1. The van der Waals surface area contributed by atoms with Gasteiger partial charge < -0.3 is 10.6 Å². The topological polar surface area (TPSA) is 78.8 Å². The third kappa shape index (κ3) is 3.67. The fourth-order valence-corrected chi connectivity index (χ4v) is 2.06. The maximum atomic E-state index is 9.43. The Bertz CT molecular complexity index is 502. The molecule has 0 unspecified atom stereocenters. The fraction of sp³-hybridized carbons (Fsp3) is 0.667. The summed E-state index contributed by atoms with van der Waals surface area (Å²) < 4.78 is 0. The number of nitrogens with two attached hydrogens (primary N) is 1. The number of aromatic nitrogens is 2. The van der Waals surface area contributed by atoms with Crippen LogP contribution >= 0.6 is 0 Å². The maximum absolute atomic E-state index is 9.43. The van der Waals surface area contributed by atoms with Crippen LogP contribution in [0, 0.1) is 30.6 Å². The quantitative estimate of drug-likeness (QED) is 0.860. The number of hydrogen-bond donors (Lipinski definition) is 1. The molecule has 0 aliphatic rings. The molecule has 0 saturated heterocycles. The molecule has 0 spiro atoms. The van der Waals surface area contributed by atoms with Crippen molar-refractivity contribution in [3.8, 4) is 6.07 Å². The summed E-state index contributed by atoms with van der Waals surface area (Å²) in [7, 11) is 0. The van der Waals surface area contributed by atoms with Crippen molar-refractivity contribution < 1.29 is 0 Å². The summed E-state index contributed by atoms with van der Waals surface area (Å²) >= 11 is 0. The largest absolute Gasteiger partial charge is 0.353 e. The van der Waals surface area contributed by atoms with Crippen LogP contribution in [-0.4, -0.2) is 29.8 Å². The van der Waals surface area contributed by atoms with E-state index in [4.69, 9.17) is 5.73 Å². The van der Waals surface area contributed by atoms with Crippen LogP contribution in [0.15, 0.2) is 0 Å². The predicted molar refractivity (Wildman–Crippen MR) is 81.6 cm³/mol. The van der Waals surface area contributed by atoms with E-state index < -0.39 is 0 Å². The minimum Gasteiger partial charge on any atom is -0.353 e. The van der Waals surface area contributed by atoms with Crippen molar-refractivity contribution in [1.82, 2.24) is 10.2 Å². The minimum absolute atomic E-state index is 0.0254. The molecule has 0 atom stereocenters. The summed E-state index contributed by atoms with van der Waals surface area (Å²) in [4.78, 5) is 2.13. The van der Waals surface area contributed by atoms with Gasteiger partial charge in [0, 0.05) is 13.1 Å². The molecule has 0 bridgehead atoms. The predicted octanol–water partition coefficient (Wildman–Crippen LogP) is 2.17. The Morgan fingerprint density at radius 2 is 1.95 bits per heavy atom. The van der Waals surface area contributed by atoms with Crippen molar-refractivity contribution in [2.45, 2.75) is 41.0 Å². The molecule has 5 nitrogen and oxygen atoms in total. The molecule has 1 heterocycles. The van der Waals surface area contributed by atoms with Crippen molar-refractivity contribution in [2.24, 2.45) is 11.1 Å². The Balaban J connectivity index is 3.23. The summed E-state index contributed by atoms with van der Waals surface area (Å²) in [5.41, 5.74) is 8.14. The summed E-state index contributed by atoms with van der Waals surface area (Å²) in [6, 6.07) is 2.27. The van der Waals surface area contributed by atoms with Gasteiger partial charge in [0.2, 0.25) is 0 Å². The standard InChI is InChI=1S/C15H25N5/c1-6-7-20(10-15(4,5)9-17)14-13(8-16)11(2)12(3)18-19-14/h6-7,9-10,17H2,1-5H3. The van der Waals surface area contributed by atoms with E-state index in [1.807, 2.05) is 13.8 Å². The second-order valence-electron chi connectivity index (χ2n) is 6.01. The van der Waals surface area contributed by atoms with Crippen LogP contribution < -0.4 is 10.6 Å². The number of anilines is 1. The highest BCUT2D eigenvalue weighted by molar-refractivity contribution is 5.57. The monoisotopic (exact) mass is 275 g/mol. The Kier molecular flexibility index (Phi) is 5.46. The maximum Gasteiger partial charge on any atom is 0.169 e. The number of rotatable bonds is 6. The third-order valence-corrected chi connectivity index (χ3v) is 3.51. The second kappa shape index (κ2) is 6.67. The normalized spacial score (nSPS) is 11.2. The van der Waals surface area contributed by atoms with E-state index in [1.165, 1.54) is 0 Å². The molecule has 1 aromatic heterocycles. The van der Waals surface area contributed by atoms with Gasteiger partial charge in [-0.1, -0.05) is 20.8 Å². The molecule has 0 saturated carbocycles. The van der Waals surface area contributed by atoms with Crippen LogP contribution in [0.2, 0.25) is 0 Å². The van der Waals surface area contributed by atoms with Gasteiger partial charge >= 0.3 is 0 Å². The van der Waals surface area contributed by atoms with Gasteiger partial charge in [-0.3, -0.25) is 0 Å². The van der Waals surface area contributed by atoms with E-state index in [9.17, 15) is 5.26 Å². The van der Waals surface area contributed by atoms with Gasteiger partial charge in [0.25, 0.3) is 0 Å². The Morgan fingerprint density at radius 3 is 2.45 bits per heavy atom. The zero-order chi connectivity index (χ0) is 15.3. The Morgan fingerprint density at radius 1 is 1.30 bits per heavy atom. The zero-order valence-electron chi connectivity index (χ0n) is 13.2. The van der Waals surface area contributed by atoms with E-state index in [0.29, 0.717) is 17.9 Å². The van der Waals surface area contributed by atoms with E-state index in [-0.39, 0.29) is 5.41 Å². The van der Waals surface area contributed by atoms with Crippen LogP contribution in [0.5, 0.6) is 0 Å². The molecule has 110 valence electrons. The van der Waals surface area contributed by atoms with Gasteiger partial charge in [-0.05, 0) is 37.8 Å². The average Bonchev–Trinajstić information content (AvgIpc) is 2.41. The van der Waals surface area contributed by atoms with Crippen molar-refractivity contribution in [2.75, 3.05) is 24.5 Å². The first-order valence-corrected chi connectivity index (χ1v) is 7.05. The van der Waals surface area contributed by atoms with Gasteiger partial charge in [0.15, 0.2) is 5.82 Å². The summed E-state index contributed by atoms with van der Waals surface area (Å²) in [5.74, 6) is 0.680. The molecule has 0 amide bonds. The average molecular weight is 275 g/mol.